The topological polar surface area (TPSA) is 27.7 Å². The van der Waals surface area contributed by atoms with Crippen LogP contribution in [0.4, 0.5) is 8.78 Å². The van der Waals surface area contributed by atoms with Crippen LogP contribution in [0.3, 0.4) is 0 Å². The molecule has 1 heterocycles. The number of hydrogen-bond acceptors (Lipinski definition) is 3. The van der Waals surface area contributed by atoms with E-state index in [9.17, 15) is 8.78 Å². The second-order valence-electron chi connectivity index (χ2n) is 7.66. The summed E-state index contributed by atoms with van der Waals surface area (Å²) in [7, 11) is 0. The van der Waals surface area contributed by atoms with E-state index in [1.54, 1.807) is 6.92 Å². The van der Waals surface area contributed by atoms with Crippen molar-refractivity contribution < 1.29 is 23.0 Å². The number of hydrogen-bond donors (Lipinski definition) is 0. The van der Waals surface area contributed by atoms with Crippen LogP contribution in [0.25, 0.3) is 0 Å². The van der Waals surface area contributed by atoms with E-state index in [2.05, 4.69) is 6.58 Å². The minimum absolute atomic E-state index is 0.0331. The maximum atomic E-state index is 14.1. The summed E-state index contributed by atoms with van der Waals surface area (Å²) in [6.45, 7) is 7.09. The maximum absolute atomic E-state index is 14.1. The molecule has 1 aliphatic carbocycles. The fraction of sp³-hybridized carbons (Fsp3) is 0.636. The molecule has 1 saturated heterocycles. The largest absolute Gasteiger partial charge is 0.491 e. The fourth-order valence-corrected chi connectivity index (χ4v) is 4.28. The first-order valence-electron chi connectivity index (χ1n) is 10.1. The molecule has 2 aliphatic rings. The molecular formula is C22H30F2O3. The molecular weight excluding hydrogens is 350 g/mol. The van der Waals surface area contributed by atoms with Crippen LogP contribution >= 0.6 is 0 Å². The van der Waals surface area contributed by atoms with Gasteiger partial charge in [0, 0.05) is 0 Å². The van der Waals surface area contributed by atoms with Crippen LogP contribution in [0.5, 0.6) is 11.5 Å². The smallest absolute Gasteiger partial charge is 0.204 e. The van der Waals surface area contributed by atoms with Gasteiger partial charge in [-0.05, 0) is 75.3 Å². The number of rotatable bonds is 7. The van der Waals surface area contributed by atoms with Crippen LogP contribution in [0.1, 0.15) is 45.4 Å². The summed E-state index contributed by atoms with van der Waals surface area (Å²) in [4.78, 5) is 0. The van der Waals surface area contributed by atoms with Crippen LogP contribution < -0.4 is 9.47 Å². The van der Waals surface area contributed by atoms with Gasteiger partial charge in [-0.15, -0.1) is 6.58 Å². The summed E-state index contributed by atoms with van der Waals surface area (Å²) < 4.78 is 44.5. The van der Waals surface area contributed by atoms with E-state index >= 15 is 0 Å². The Labute approximate surface area is 160 Å². The van der Waals surface area contributed by atoms with E-state index in [0.717, 1.165) is 38.7 Å². The minimum Gasteiger partial charge on any atom is -0.491 e. The number of halogens is 2. The summed E-state index contributed by atoms with van der Waals surface area (Å²) in [5, 5.41) is 0. The Morgan fingerprint density at radius 1 is 1.00 bits per heavy atom. The summed E-state index contributed by atoms with van der Waals surface area (Å²) in [6, 6.07) is 2.87. The highest BCUT2D eigenvalue weighted by atomic mass is 19.2. The summed E-state index contributed by atoms with van der Waals surface area (Å²) in [5.74, 6) is -0.322. The monoisotopic (exact) mass is 380 g/mol. The van der Waals surface area contributed by atoms with Gasteiger partial charge in [-0.25, -0.2) is 0 Å². The third kappa shape index (κ3) is 5.01. The second kappa shape index (κ2) is 9.54. The van der Waals surface area contributed by atoms with Crippen molar-refractivity contribution in [3.63, 3.8) is 0 Å². The van der Waals surface area contributed by atoms with Gasteiger partial charge in [0.05, 0.1) is 25.9 Å². The van der Waals surface area contributed by atoms with Crippen LogP contribution in [-0.2, 0) is 4.74 Å². The molecule has 1 saturated carbocycles. The molecule has 0 aromatic heterocycles. The Kier molecular flexibility index (Phi) is 7.11. The highest BCUT2D eigenvalue weighted by molar-refractivity contribution is 5.35. The van der Waals surface area contributed by atoms with Crippen molar-refractivity contribution in [3.05, 3.63) is 36.4 Å². The van der Waals surface area contributed by atoms with Crippen molar-refractivity contribution in [3.8, 4) is 11.5 Å². The lowest BCUT2D eigenvalue weighted by Crippen LogP contribution is -2.32. The van der Waals surface area contributed by atoms with Gasteiger partial charge in [0.15, 0.2) is 11.5 Å². The first-order valence-corrected chi connectivity index (χ1v) is 10.1. The molecule has 1 aliphatic heterocycles. The highest BCUT2D eigenvalue weighted by Crippen LogP contribution is 2.38. The van der Waals surface area contributed by atoms with Crippen LogP contribution in [0.15, 0.2) is 24.8 Å². The van der Waals surface area contributed by atoms with Crippen molar-refractivity contribution in [1.82, 2.24) is 0 Å². The van der Waals surface area contributed by atoms with Gasteiger partial charge in [0.2, 0.25) is 11.6 Å². The fourth-order valence-electron chi connectivity index (χ4n) is 4.28. The van der Waals surface area contributed by atoms with Crippen LogP contribution in [0, 0.1) is 29.4 Å². The normalized spacial score (nSPS) is 28.6. The summed E-state index contributed by atoms with van der Waals surface area (Å²) in [6.07, 6.45) is 8.82. The highest BCUT2D eigenvalue weighted by Gasteiger charge is 2.31. The molecule has 3 nitrogen and oxygen atoms in total. The summed E-state index contributed by atoms with van der Waals surface area (Å²) in [5.41, 5.74) is 0. The average Bonchev–Trinajstić information content (AvgIpc) is 2.71. The molecule has 2 unspecified atom stereocenters. The van der Waals surface area contributed by atoms with E-state index in [1.807, 2.05) is 6.08 Å². The van der Waals surface area contributed by atoms with Crippen molar-refractivity contribution >= 4 is 0 Å². The van der Waals surface area contributed by atoms with Crippen molar-refractivity contribution in [2.45, 2.75) is 51.6 Å². The molecule has 0 N–H and O–H groups in total. The second-order valence-corrected chi connectivity index (χ2v) is 7.66. The van der Waals surface area contributed by atoms with Crippen LogP contribution in [0.2, 0.25) is 0 Å². The quantitative estimate of drug-likeness (QED) is 0.582. The molecule has 0 bridgehead atoms. The standard InChI is InChI=1S/C22H30F2O3/c1-3-18-10-9-17(14-26-18)16-7-5-15(6-8-16)13-27-20-12-11-19(25-4-2)21(23)22(20)24/h3,11-12,15-18H,1,4-10,13-14H2,2H3. The van der Waals surface area contributed by atoms with Gasteiger partial charge in [-0.2, -0.15) is 8.78 Å². The van der Waals surface area contributed by atoms with Crippen LogP contribution in [-0.4, -0.2) is 25.9 Å². The van der Waals surface area contributed by atoms with E-state index in [1.165, 1.54) is 18.6 Å². The maximum Gasteiger partial charge on any atom is 0.204 e. The Balaban J connectivity index is 1.45. The van der Waals surface area contributed by atoms with Gasteiger partial charge in [0.25, 0.3) is 0 Å². The van der Waals surface area contributed by atoms with Crippen molar-refractivity contribution in [1.29, 1.82) is 0 Å². The lowest BCUT2D eigenvalue weighted by Gasteiger charge is -2.37. The molecule has 27 heavy (non-hydrogen) atoms. The first kappa shape index (κ1) is 20.1. The predicted molar refractivity (Wildman–Crippen MR) is 101 cm³/mol. The molecule has 2 fully saturated rings. The zero-order valence-corrected chi connectivity index (χ0v) is 16.1. The number of ether oxygens (including phenoxy) is 3. The number of benzene rings is 1. The third-order valence-electron chi connectivity index (χ3n) is 5.95. The van der Waals surface area contributed by atoms with E-state index in [-0.39, 0.29) is 17.6 Å². The van der Waals surface area contributed by atoms with Gasteiger partial charge >= 0.3 is 0 Å². The molecule has 5 heteroatoms. The molecule has 1 aromatic carbocycles. The van der Waals surface area contributed by atoms with E-state index < -0.39 is 11.6 Å². The third-order valence-corrected chi connectivity index (χ3v) is 5.95. The van der Waals surface area contributed by atoms with Gasteiger partial charge in [0.1, 0.15) is 0 Å². The molecule has 3 rings (SSSR count). The van der Waals surface area contributed by atoms with Gasteiger partial charge in [-0.3, -0.25) is 0 Å². The Bertz CT molecular complexity index is 618. The van der Waals surface area contributed by atoms with E-state index in [4.69, 9.17) is 14.2 Å². The first-order chi connectivity index (χ1) is 13.1. The van der Waals surface area contributed by atoms with E-state index in [0.29, 0.717) is 31.0 Å². The SMILES string of the molecule is C=CC1CCC(C2CCC(COc3ccc(OCC)c(F)c3F)CC2)CO1. The van der Waals surface area contributed by atoms with Gasteiger partial charge < -0.3 is 14.2 Å². The predicted octanol–water partition coefficient (Wildman–Crippen LogP) is 5.53. The molecule has 0 radical (unpaired) electrons. The molecule has 0 spiro atoms. The Hall–Kier alpha value is -1.62. The molecule has 2 atom stereocenters. The molecule has 150 valence electrons. The summed E-state index contributed by atoms with van der Waals surface area (Å²) >= 11 is 0. The zero-order chi connectivity index (χ0) is 19.2. The average molecular weight is 380 g/mol. The lowest BCUT2D eigenvalue weighted by molar-refractivity contribution is -0.0176. The molecule has 0 amide bonds. The minimum atomic E-state index is -0.979. The Morgan fingerprint density at radius 2 is 1.63 bits per heavy atom. The lowest BCUT2D eigenvalue weighted by atomic mass is 9.74. The van der Waals surface area contributed by atoms with Gasteiger partial charge in [-0.1, -0.05) is 6.08 Å². The van der Waals surface area contributed by atoms with Crippen molar-refractivity contribution in [2.75, 3.05) is 19.8 Å². The Morgan fingerprint density at radius 3 is 2.19 bits per heavy atom. The zero-order valence-electron chi connectivity index (χ0n) is 16.1. The molecule has 1 aromatic rings. The van der Waals surface area contributed by atoms with Crippen molar-refractivity contribution in [2.24, 2.45) is 17.8 Å².